The molecule has 2 aliphatic heterocycles. The van der Waals surface area contributed by atoms with Crippen molar-refractivity contribution in [2.45, 2.75) is 24.0 Å². The normalized spacial score (nSPS) is 39.8. The van der Waals surface area contributed by atoms with E-state index in [0.29, 0.717) is 10.0 Å². The molecule has 2 heterocycles. The number of halogens is 2. The highest BCUT2D eigenvalue weighted by Gasteiger charge is 2.79. The molecule has 1 aliphatic carbocycles. The Morgan fingerprint density at radius 3 is 2.70 bits per heavy atom. The van der Waals surface area contributed by atoms with E-state index in [1.54, 1.807) is 0 Å². The summed E-state index contributed by atoms with van der Waals surface area (Å²) in [5.74, 6) is 0.00706. The van der Waals surface area contributed by atoms with Crippen LogP contribution in [0.15, 0.2) is 30.4 Å². The van der Waals surface area contributed by atoms with Crippen LogP contribution in [0.5, 0.6) is 0 Å². The molecule has 0 amide bonds. The van der Waals surface area contributed by atoms with E-state index in [4.69, 9.17) is 27.9 Å². The number of carbonyl (C=O) groups excluding carboxylic acids is 1. The number of methoxy groups -OCH3 is 1. The van der Waals surface area contributed by atoms with Gasteiger partial charge < -0.3 is 4.74 Å². The number of fused-ring (bicyclic) bond motifs is 5. The number of piperidine rings is 1. The molecule has 5 atom stereocenters. The van der Waals surface area contributed by atoms with Crippen molar-refractivity contribution in [3.8, 4) is 0 Å². The number of nitrogens with zero attached hydrogens (tertiary/aromatic N) is 1. The Kier molecular flexibility index (Phi) is 2.54. The topological polar surface area (TPSA) is 29.3 Å². The van der Waals surface area contributed by atoms with Gasteiger partial charge in [0, 0.05) is 27.6 Å². The lowest BCUT2D eigenvalue weighted by Gasteiger charge is -2.17. The third-order valence-electron chi connectivity index (χ3n) is 4.82. The summed E-state index contributed by atoms with van der Waals surface area (Å²) < 4.78 is 5.06. The zero-order chi connectivity index (χ0) is 14.1. The highest BCUT2D eigenvalue weighted by molar-refractivity contribution is 6.36. The summed E-state index contributed by atoms with van der Waals surface area (Å²) >= 11 is 12.6. The minimum Gasteiger partial charge on any atom is -0.468 e. The summed E-state index contributed by atoms with van der Waals surface area (Å²) in [6, 6.07) is 5.67. The number of ether oxygens (including phenoxy) is 1. The van der Waals surface area contributed by atoms with Crippen molar-refractivity contribution in [3.05, 3.63) is 46.0 Å². The summed E-state index contributed by atoms with van der Waals surface area (Å²) in [7, 11) is 1.44. The molecule has 4 rings (SSSR count). The second kappa shape index (κ2) is 4.00. The van der Waals surface area contributed by atoms with E-state index in [1.165, 1.54) is 7.11 Å². The third-order valence-corrected chi connectivity index (χ3v) is 5.48. The summed E-state index contributed by atoms with van der Waals surface area (Å²) in [6.45, 7) is 0. The van der Waals surface area contributed by atoms with Crippen LogP contribution in [0.1, 0.15) is 18.0 Å². The van der Waals surface area contributed by atoms with Crippen molar-refractivity contribution in [1.82, 2.24) is 4.90 Å². The molecule has 0 aromatic heterocycles. The van der Waals surface area contributed by atoms with Gasteiger partial charge in [-0.15, -0.1) is 0 Å². The van der Waals surface area contributed by atoms with Gasteiger partial charge in [-0.05, 0) is 18.6 Å². The van der Waals surface area contributed by atoms with Crippen LogP contribution in [0, 0.1) is 5.92 Å². The largest absolute Gasteiger partial charge is 0.468 e. The predicted molar refractivity (Wildman–Crippen MR) is 76.8 cm³/mol. The molecular weight excluding hydrogens is 297 g/mol. The zero-order valence-electron chi connectivity index (χ0n) is 10.8. The van der Waals surface area contributed by atoms with Crippen LogP contribution in [-0.2, 0) is 9.53 Å². The molecule has 3 nitrogen and oxygen atoms in total. The smallest absolute Gasteiger partial charge is 0.328 e. The highest BCUT2D eigenvalue weighted by Crippen LogP contribution is 2.69. The van der Waals surface area contributed by atoms with Crippen LogP contribution in [0.4, 0.5) is 0 Å². The van der Waals surface area contributed by atoms with Crippen molar-refractivity contribution < 1.29 is 9.53 Å². The minimum atomic E-state index is -0.594. The van der Waals surface area contributed by atoms with Crippen LogP contribution in [-0.4, -0.2) is 29.6 Å². The maximum Gasteiger partial charge on any atom is 0.328 e. The fraction of sp³-hybridized carbons (Fsp3) is 0.400. The second-order valence-electron chi connectivity index (χ2n) is 5.56. The Bertz CT molecular complexity index is 625. The highest BCUT2D eigenvalue weighted by atomic mass is 35.5. The molecule has 1 aromatic rings. The van der Waals surface area contributed by atoms with Crippen LogP contribution >= 0.6 is 23.2 Å². The number of esters is 1. The SMILES string of the molecule is COC(=O)[C@]12[C@H]3C=C[C@H](C3)N1[C@@H]2c1c(Cl)cccc1Cl. The number of hydrogen-bond acceptors (Lipinski definition) is 3. The van der Waals surface area contributed by atoms with Crippen molar-refractivity contribution in [3.63, 3.8) is 0 Å². The molecule has 2 fully saturated rings. The molecule has 0 saturated carbocycles. The van der Waals surface area contributed by atoms with Crippen molar-refractivity contribution in [1.29, 1.82) is 0 Å². The van der Waals surface area contributed by atoms with Crippen molar-refractivity contribution >= 4 is 29.2 Å². The number of rotatable bonds is 2. The Morgan fingerprint density at radius 2 is 2.05 bits per heavy atom. The lowest BCUT2D eigenvalue weighted by Crippen LogP contribution is -2.35. The first-order chi connectivity index (χ1) is 9.62. The summed E-state index contributed by atoms with van der Waals surface area (Å²) in [4.78, 5) is 14.6. The van der Waals surface area contributed by atoms with Crippen LogP contribution in [0.3, 0.4) is 0 Å². The van der Waals surface area contributed by atoms with E-state index in [1.807, 2.05) is 18.2 Å². The van der Waals surface area contributed by atoms with Gasteiger partial charge in [-0.2, -0.15) is 0 Å². The molecule has 3 aliphatic rings. The van der Waals surface area contributed by atoms with Gasteiger partial charge in [0.2, 0.25) is 0 Å². The quantitative estimate of drug-likeness (QED) is 0.477. The average Bonchev–Trinajstić information content (AvgIpc) is 2.79. The molecule has 1 unspecified atom stereocenters. The van der Waals surface area contributed by atoms with Gasteiger partial charge >= 0.3 is 5.97 Å². The van der Waals surface area contributed by atoms with E-state index >= 15 is 0 Å². The van der Waals surface area contributed by atoms with Crippen LogP contribution < -0.4 is 0 Å². The monoisotopic (exact) mass is 309 g/mol. The van der Waals surface area contributed by atoms with Crippen molar-refractivity contribution in [2.75, 3.05) is 7.11 Å². The lowest BCUT2D eigenvalue weighted by atomic mass is 9.86. The summed E-state index contributed by atoms with van der Waals surface area (Å²) in [5, 5.41) is 1.22. The zero-order valence-corrected chi connectivity index (χ0v) is 12.4. The Labute approximate surface area is 127 Å². The Morgan fingerprint density at radius 1 is 1.35 bits per heavy atom. The fourth-order valence-corrected chi connectivity index (χ4v) is 4.67. The number of benzene rings is 1. The van der Waals surface area contributed by atoms with Crippen LogP contribution in [0.2, 0.25) is 10.0 Å². The number of hydrogen-bond donors (Lipinski definition) is 0. The number of carbonyl (C=O) groups is 1. The first-order valence-corrected chi connectivity index (χ1v) is 7.37. The fourth-order valence-electron chi connectivity index (χ4n) is 4.06. The molecule has 2 saturated heterocycles. The van der Waals surface area contributed by atoms with Gasteiger partial charge in [0.15, 0.2) is 0 Å². The second-order valence-corrected chi connectivity index (χ2v) is 6.37. The predicted octanol–water partition coefficient (Wildman–Crippen LogP) is 3.22. The average molecular weight is 310 g/mol. The van der Waals surface area contributed by atoms with Gasteiger partial charge in [0.25, 0.3) is 0 Å². The minimum absolute atomic E-state index is 0.0742. The molecule has 0 N–H and O–H groups in total. The maximum absolute atomic E-state index is 12.4. The molecule has 0 radical (unpaired) electrons. The first-order valence-electron chi connectivity index (χ1n) is 6.61. The van der Waals surface area contributed by atoms with Gasteiger partial charge in [-0.25, -0.2) is 4.79 Å². The molecule has 0 spiro atoms. The molecule has 104 valence electrons. The molecule has 2 bridgehead atoms. The third kappa shape index (κ3) is 1.29. The lowest BCUT2D eigenvalue weighted by molar-refractivity contribution is -0.145. The van der Waals surface area contributed by atoms with Crippen LogP contribution in [0.25, 0.3) is 0 Å². The summed E-state index contributed by atoms with van der Waals surface area (Å²) in [5.41, 5.74) is 0.252. The van der Waals surface area contributed by atoms with E-state index < -0.39 is 5.54 Å². The maximum atomic E-state index is 12.4. The molecule has 1 aromatic carbocycles. The van der Waals surface area contributed by atoms with Gasteiger partial charge in [-0.1, -0.05) is 41.4 Å². The van der Waals surface area contributed by atoms with E-state index in [2.05, 4.69) is 17.1 Å². The van der Waals surface area contributed by atoms with E-state index in [9.17, 15) is 4.79 Å². The van der Waals surface area contributed by atoms with Gasteiger partial charge in [-0.3, -0.25) is 4.90 Å². The molecule has 20 heavy (non-hydrogen) atoms. The van der Waals surface area contributed by atoms with Gasteiger partial charge in [0.05, 0.1) is 13.2 Å². The van der Waals surface area contributed by atoms with E-state index in [-0.39, 0.29) is 24.0 Å². The molecular formula is C15H13Cl2NO2. The Hall–Kier alpha value is -1.03. The van der Waals surface area contributed by atoms with Gasteiger partial charge in [0.1, 0.15) is 5.54 Å². The first kappa shape index (κ1) is 12.7. The summed E-state index contributed by atoms with van der Waals surface area (Å²) in [6.07, 6.45) is 5.27. The standard InChI is InChI=1S/C15H13Cl2NO2/c1-20-14(19)15-8-5-6-9(7-8)18(15)13(15)12-10(16)3-2-4-11(12)17/h2-6,8-9,13H,7H2,1H3/t8-,9+,13+,15+,18?/m0/s1. The Balaban J connectivity index is 1.84. The molecule has 5 heteroatoms. The van der Waals surface area contributed by atoms with Crippen molar-refractivity contribution in [2.24, 2.45) is 5.92 Å². The van der Waals surface area contributed by atoms with E-state index in [0.717, 1.165) is 12.0 Å².